The molecule has 0 fully saturated rings. The Morgan fingerprint density at radius 1 is 0.805 bits per heavy atom. The van der Waals surface area contributed by atoms with Crippen LogP contribution in [0.5, 0.6) is 0 Å². The lowest BCUT2D eigenvalue weighted by atomic mass is 9.91. The minimum atomic E-state index is -6.75. The molecular weight excluding hydrogens is 605 g/mol. The van der Waals surface area contributed by atoms with Crippen molar-refractivity contribution in [3.05, 3.63) is 93.8 Å². The minimum absolute atomic E-state index is 0.104. The number of nitrogens with zero attached hydrogens (tertiary/aromatic N) is 1. The van der Waals surface area contributed by atoms with Crippen LogP contribution in [-0.4, -0.2) is 31.2 Å². The Bertz CT molecular complexity index is 1460. The van der Waals surface area contributed by atoms with Gasteiger partial charge in [0.05, 0.1) is 27.5 Å². The number of hydrogen-bond acceptors (Lipinski definition) is 2. The van der Waals surface area contributed by atoms with Crippen LogP contribution >= 0.6 is 11.6 Å². The minimum Gasteiger partial charge on any atom is -0.320 e. The van der Waals surface area contributed by atoms with E-state index in [1.807, 2.05) is 0 Å². The van der Waals surface area contributed by atoms with Gasteiger partial charge in [0, 0.05) is 18.2 Å². The van der Waals surface area contributed by atoms with Gasteiger partial charge in [-0.15, -0.1) is 0 Å². The molecule has 3 aromatic carbocycles. The molecule has 0 aliphatic rings. The van der Waals surface area contributed by atoms with Crippen LogP contribution < -0.4 is 10.2 Å². The summed E-state index contributed by atoms with van der Waals surface area (Å²) in [4.78, 5) is 26.2. The van der Waals surface area contributed by atoms with Gasteiger partial charge in [-0.05, 0) is 36.4 Å². The smallest absolute Gasteiger partial charge is 0.320 e. The first-order valence-corrected chi connectivity index (χ1v) is 11.3. The summed E-state index contributed by atoms with van der Waals surface area (Å²) in [6.45, 7) is 0. The molecule has 41 heavy (non-hydrogen) atoms. The Kier molecular flexibility index (Phi) is 8.36. The molecule has 2 amide bonds. The van der Waals surface area contributed by atoms with Crippen molar-refractivity contribution in [2.45, 2.75) is 24.2 Å². The topological polar surface area (TPSA) is 49.4 Å². The number of rotatable bonds is 5. The number of halogens is 12. The zero-order valence-corrected chi connectivity index (χ0v) is 20.8. The van der Waals surface area contributed by atoms with Gasteiger partial charge in [0.25, 0.3) is 11.8 Å². The lowest BCUT2D eigenvalue weighted by molar-refractivity contribution is -0.348. The second-order valence-electron chi connectivity index (χ2n) is 8.36. The van der Waals surface area contributed by atoms with Gasteiger partial charge < -0.3 is 10.2 Å². The number of hydrogen-bond donors (Lipinski definition) is 1. The summed E-state index contributed by atoms with van der Waals surface area (Å²) >= 11 is 5.55. The van der Waals surface area contributed by atoms with E-state index in [0.29, 0.717) is 0 Å². The molecule has 0 aliphatic carbocycles. The fourth-order valence-corrected chi connectivity index (χ4v) is 3.93. The Labute approximate surface area is 228 Å². The quantitative estimate of drug-likeness (QED) is 0.293. The van der Waals surface area contributed by atoms with Crippen molar-refractivity contribution >= 4 is 34.8 Å². The molecule has 0 spiro atoms. The van der Waals surface area contributed by atoms with Gasteiger partial charge in [0.15, 0.2) is 5.82 Å². The highest BCUT2D eigenvalue weighted by atomic mass is 35.5. The first-order chi connectivity index (χ1) is 18.7. The fraction of sp³-hybridized carbons (Fsp3) is 0.200. The van der Waals surface area contributed by atoms with Crippen LogP contribution in [0.4, 0.5) is 59.7 Å². The van der Waals surface area contributed by atoms with Crippen LogP contribution in [0, 0.1) is 5.82 Å². The highest BCUT2D eigenvalue weighted by Gasteiger charge is 2.73. The second kappa shape index (κ2) is 10.8. The highest BCUT2D eigenvalue weighted by molar-refractivity contribution is 6.34. The molecule has 0 aliphatic heterocycles. The van der Waals surface area contributed by atoms with Gasteiger partial charge in [0.1, 0.15) is 0 Å². The molecule has 3 rings (SSSR count). The van der Waals surface area contributed by atoms with Crippen LogP contribution in [0.15, 0.2) is 60.7 Å². The molecule has 1 N–H and O–H groups in total. The number of anilines is 2. The monoisotopic (exact) mass is 618 g/mol. The zero-order valence-electron chi connectivity index (χ0n) is 20.1. The van der Waals surface area contributed by atoms with Crippen molar-refractivity contribution in [2.75, 3.05) is 17.3 Å². The van der Waals surface area contributed by atoms with Crippen LogP contribution in [-0.2, 0) is 11.8 Å². The van der Waals surface area contributed by atoms with Gasteiger partial charge in [-0.1, -0.05) is 35.9 Å². The van der Waals surface area contributed by atoms with E-state index in [0.717, 1.165) is 30.1 Å². The molecule has 0 unspecified atom stereocenters. The summed E-state index contributed by atoms with van der Waals surface area (Å²) < 4.78 is 150. The Balaban J connectivity index is 2.08. The second-order valence-corrected chi connectivity index (χ2v) is 8.76. The third-order valence-electron chi connectivity index (χ3n) is 5.72. The lowest BCUT2D eigenvalue weighted by Gasteiger charge is -2.31. The maximum atomic E-state index is 15.3. The van der Waals surface area contributed by atoms with Crippen LogP contribution in [0.2, 0.25) is 5.02 Å². The summed E-state index contributed by atoms with van der Waals surface area (Å²) in [7, 11) is 1.12. The lowest BCUT2D eigenvalue weighted by Crippen LogP contribution is -2.50. The summed E-state index contributed by atoms with van der Waals surface area (Å²) in [6, 6.07) is 9.05. The normalized spacial score (nSPS) is 12.7. The molecule has 0 radical (unpaired) electrons. The molecule has 3 aromatic rings. The van der Waals surface area contributed by atoms with E-state index in [9.17, 15) is 53.5 Å². The van der Waals surface area contributed by atoms with E-state index in [1.165, 1.54) is 29.6 Å². The molecule has 220 valence electrons. The number of carbonyl (C=O) groups is 2. The van der Waals surface area contributed by atoms with Crippen molar-refractivity contribution in [1.29, 1.82) is 0 Å². The number of alkyl halides is 10. The SMILES string of the molecule is CN(C(=O)c1ccccc1)c1cccc(C(=O)Nc2c(Cl)cc(C(F)(C(F)(F)F)C(F)(F)F)cc2C(F)(F)F)c1F. The van der Waals surface area contributed by atoms with Gasteiger partial charge >= 0.3 is 24.2 Å². The molecule has 0 saturated heterocycles. The maximum absolute atomic E-state index is 15.3. The highest BCUT2D eigenvalue weighted by Crippen LogP contribution is 2.55. The van der Waals surface area contributed by atoms with Crippen molar-refractivity contribution < 1.29 is 57.9 Å². The average Bonchev–Trinajstić information content (AvgIpc) is 2.86. The van der Waals surface area contributed by atoms with Crippen LogP contribution in [0.25, 0.3) is 0 Å². The predicted octanol–water partition coefficient (Wildman–Crippen LogP) is 8.32. The summed E-state index contributed by atoms with van der Waals surface area (Å²) in [6.07, 6.45) is -19.3. The number of benzene rings is 3. The molecule has 0 saturated carbocycles. The molecule has 0 heterocycles. The summed E-state index contributed by atoms with van der Waals surface area (Å²) in [5.74, 6) is -3.85. The fourth-order valence-electron chi connectivity index (χ4n) is 3.66. The third kappa shape index (κ3) is 5.94. The number of nitrogens with one attached hydrogen (secondary N) is 1. The van der Waals surface area contributed by atoms with Crippen molar-refractivity contribution in [1.82, 2.24) is 0 Å². The van der Waals surface area contributed by atoms with Crippen LogP contribution in [0.1, 0.15) is 31.8 Å². The van der Waals surface area contributed by atoms with Gasteiger partial charge in [-0.2, -0.15) is 39.5 Å². The molecule has 0 atom stereocenters. The number of amides is 2. The van der Waals surface area contributed by atoms with E-state index in [1.54, 1.807) is 6.07 Å². The van der Waals surface area contributed by atoms with Crippen molar-refractivity contribution in [3.63, 3.8) is 0 Å². The predicted molar refractivity (Wildman–Crippen MR) is 125 cm³/mol. The molecule has 0 bridgehead atoms. The van der Waals surface area contributed by atoms with E-state index in [4.69, 9.17) is 11.6 Å². The molecule has 16 heteroatoms. The Morgan fingerprint density at radius 3 is 1.88 bits per heavy atom. The molecule has 0 aromatic heterocycles. The summed E-state index contributed by atoms with van der Waals surface area (Å²) in [5.41, 5.74) is -14.2. The average molecular weight is 619 g/mol. The maximum Gasteiger partial charge on any atom is 0.435 e. The summed E-state index contributed by atoms with van der Waals surface area (Å²) in [5, 5.41) is -0.0569. The number of carbonyl (C=O) groups excluding carboxylic acids is 2. The Morgan fingerprint density at radius 2 is 1.37 bits per heavy atom. The molecule has 4 nitrogen and oxygen atoms in total. The van der Waals surface area contributed by atoms with E-state index in [2.05, 4.69) is 0 Å². The van der Waals surface area contributed by atoms with E-state index in [-0.39, 0.29) is 11.6 Å². The Hall–Kier alpha value is -3.88. The van der Waals surface area contributed by atoms with Gasteiger partial charge in [0.2, 0.25) is 0 Å². The molecular formula is C25H14ClF11N2O2. The first-order valence-electron chi connectivity index (χ1n) is 10.9. The first kappa shape index (κ1) is 31.6. The van der Waals surface area contributed by atoms with Crippen LogP contribution in [0.3, 0.4) is 0 Å². The van der Waals surface area contributed by atoms with E-state index < -0.39 is 81.0 Å². The van der Waals surface area contributed by atoms with Gasteiger partial charge in [-0.25, -0.2) is 8.78 Å². The van der Waals surface area contributed by atoms with Crippen molar-refractivity contribution in [2.24, 2.45) is 0 Å². The third-order valence-corrected chi connectivity index (χ3v) is 6.02. The van der Waals surface area contributed by atoms with Crippen molar-refractivity contribution in [3.8, 4) is 0 Å². The standard InChI is InChI=1S/C25H14ClF11N2O2/c1-39(21(41)12-6-3-2-4-7-12)17-9-5-8-14(18(17)27)20(40)38-19-15(23(29,30)31)10-13(11-16(19)26)22(28,24(32,33)34)25(35,36)37/h2-11H,1H3,(H,38,40). The zero-order chi connectivity index (χ0) is 31.1. The van der Waals surface area contributed by atoms with E-state index >= 15 is 4.39 Å². The largest absolute Gasteiger partial charge is 0.435 e. The van der Waals surface area contributed by atoms with Gasteiger partial charge in [-0.3, -0.25) is 9.59 Å².